The van der Waals surface area contributed by atoms with E-state index in [1.165, 1.54) is 0 Å². The summed E-state index contributed by atoms with van der Waals surface area (Å²) in [6, 6.07) is 1.93. The van der Waals surface area contributed by atoms with E-state index in [1.54, 1.807) is 0 Å². The summed E-state index contributed by atoms with van der Waals surface area (Å²) in [4.78, 5) is 8.77. The van der Waals surface area contributed by atoms with E-state index in [0.717, 1.165) is 36.8 Å². The van der Waals surface area contributed by atoms with Crippen LogP contribution in [0.25, 0.3) is 0 Å². The van der Waals surface area contributed by atoms with Crippen LogP contribution >= 0.6 is 0 Å². The zero-order valence-corrected chi connectivity index (χ0v) is 8.58. The van der Waals surface area contributed by atoms with Gasteiger partial charge in [-0.15, -0.1) is 0 Å². The molecule has 14 heavy (non-hydrogen) atoms. The Kier molecular flexibility index (Phi) is 2.63. The van der Waals surface area contributed by atoms with Crippen LogP contribution in [0.1, 0.15) is 30.5 Å². The van der Waals surface area contributed by atoms with Gasteiger partial charge in [-0.05, 0) is 19.8 Å². The number of aromatic nitrogens is 2. The molecule has 2 rings (SSSR count). The molecule has 1 N–H and O–H groups in total. The molecule has 2 heterocycles. The molecule has 1 fully saturated rings. The highest BCUT2D eigenvalue weighted by atomic mass is 16.5. The third kappa shape index (κ3) is 1.85. The lowest BCUT2D eigenvalue weighted by molar-refractivity contribution is 0.105. The Hall–Kier alpha value is -1.16. The van der Waals surface area contributed by atoms with Crippen LogP contribution in [0, 0.1) is 6.92 Å². The van der Waals surface area contributed by atoms with Crippen molar-refractivity contribution in [3.8, 4) is 0 Å². The maximum atomic E-state index is 5.54. The molecule has 0 amide bonds. The van der Waals surface area contributed by atoms with Gasteiger partial charge in [-0.2, -0.15) is 0 Å². The molecule has 0 bridgehead atoms. The van der Waals surface area contributed by atoms with Crippen LogP contribution in [-0.4, -0.2) is 23.6 Å². The van der Waals surface area contributed by atoms with Gasteiger partial charge >= 0.3 is 0 Å². The van der Waals surface area contributed by atoms with Crippen molar-refractivity contribution in [1.82, 2.24) is 9.97 Å². The number of aryl methyl sites for hydroxylation is 1. The molecule has 1 unspecified atom stereocenters. The van der Waals surface area contributed by atoms with Crippen molar-refractivity contribution >= 4 is 5.82 Å². The molecule has 1 atom stereocenters. The van der Waals surface area contributed by atoms with E-state index in [4.69, 9.17) is 4.74 Å². The average molecular weight is 193 g/mol. The summed E-state index contributed by atoms with van der Waals surface area (Å²) < 4.78 is 5.54. The quantitative estimate of drug-likeness (QED) is 0.776. The Morgan fingerprint density at radius 3 is 3.00 bits per heavy atom. The maximum absolute atomic E-state index is 5.54. The molecule has 76 valence electrons. The number of nitrogens with one attached hydrogen (secondary N) is 1. The summed E-state index contributed by atoms with van der Waals surface area (Å²) in [7, 11) is 1.86. The fraction of sp³-hybridized carbons (Fsp3) is 0.600. The Bertz CT molecular complexity index is 321. The third-order valence-electron chi connectivity index (χ3n) is 2.35. The number of hydrogen-bond donors (Lipinski definition) is 1. The lowest BCUT2D eigenvalue weighted by atomic mass is 10.2. The van der Waals surface area contributed by atoms with Crippen LogP contribution in [0.3, 0.4) is 0 Å². The normalized spacial score (nSPS) is 21.1. The molecule has 4 heteroatoms. The maximum Gasteiger partial charge on any atom is 0.159 e. The van der Waals surface area contributed by atoms with Crippen LogP contribution in [-0.2, 0) is 4.74 Å². The molecule has 0 aliphatic carbocycles. The Labute approximate surface area is 83.7 Å². The van der Waals surface area contributed by atoms with Gasteiger partial charge in [0, 0.05) is 25.4 Å². The molecule has 0 aromatic carbocycles. The first-order valence-corrected chi connectivity index (χ1v) is 4.94. The van der Waals surface area contributed by atoms with Gasteiger partial charge < -0.3 is 10.1 Å². The first kappa shape index (κ1) is 9.40. The predicted octanol–water partition coefficient (Wildman–Crippen LogP) is 1.68. The monoisotopic (exact) mass is 193 g/mol. The molecule has 1 saturated heterocycles. The molecule has 1 aromatic rings. The largest absolute Gasteiger partial charge is 0.373 e. The van der Waals surface area contributed by atoms with Crippen molar-refractivity contribution in [2.75, 3.05) is 19.0 Å². The molecule has 1 aromatic heterocycles. The molecule has 0 radical (unpaired) electrons. The second-order valence-corrected chi connectivity index (χ2v) is 3.50. The van der Waals surface area contributed by atoms with E-state index >= 15 is 0 Å². The highest BCUT2D eigenvalue weighted by Gasteiger charge is 2.20. The molecule has 4 nitrogen and oxygen atoms in total. The van der Waals surface area contributed by atoms with Crippen LogP contribution < -0.4 is 5.32 Å². The number of hydrogen-bond acceptors (Lipinski definition) is 4. The summed E-state index contributed by atoms with van der Waals surface area (Å²) in [5.41, 5.74) is 0.981. The molecule has 0 saturated carbocycles. The van der Waals surface area contributed by atoms with Gasteiger partial charge in [0.25, 0.3) is 0 Å². The molecular formula is C10H15N3O. The second kappa shape index (κ2) is 3.92. The predicted molar refractivity (Wildman–Crippen MR) is 54.2 cm³/mol. The number of nitrogens with zero attached hydrogens (tertiary/aromatic N) is 2. The first-order valence-electron chi connectivity index (χ1n) is 4.94. The number of ether oxygens (including phenoxy) is 1. The van der Waals surface area contributed by atoms with Gasteiger partial charge in [-0.3, -0.25) is 0 Å². The van der Waals surface area contributed by atoms with E-state index in [-0.39, 0.29) is 6.10 Å². The minimum atomic E-state index is 0.0991. The molecule has 1 aliphatic heterocycles. The molecule has 1 aliphatic rings. The van der Waals surface area contributed by atoms with Crippen molar-refractivity contribution in [3.63, 3.8) is 0 Å². The van der Waals surface area contributed by atoms with Gasteiger partial charge in [0.1, 0.15) is 11.9 Å². The Morgan fingerprint density at radius 2 is 2.36 bits per heavy atom. The minimum absolute atomic E-state index is 0.0991. The van der Waals surface area contributed by atoms with Crippen LogP contribution in [0.4, 0.5) is 5.82 Å². The van der Waals surface area contributed by atoms with Gasteiger partial charge in [0.05, 0.1) is 0 Å². The van der Waals surface area contributed by atoms with Gasteiger partial charge in [-0.25, -0.2) is 9.97 Å². The topological polar surface area (TPSA) is 47.0 Å². The van der Waals surface area contributed by atoms with Gasteiger partial charge in [-0.1, -0.05) is 0 Å². The lowest BCUT2D eigenvalue weighted by Gasteiger charge is -2.10. The summed E-state index contributed by atoms with van der Waals surface area (Å²) in [5, 5.41) is 3.02. The van der Waals surface area contributed by atoms with Gasteiger partial charge in [0.15, 0.2) is 5.82 Å². The Balaban J connectivity index is 2.27. The SMILES string of the molecule is CNc1cc(C)nc(C2CCCO2)n1. The van der Waals surface area contributed by atoms with Crippen molar-refractivity contribution < 1.29 is 4.74 Å². The van der Waals surface area contributed by atoms with Crippen LogP contribution in [0.15, 0.2) is 6.07 Å². The van der Waals surface area contributed by atoms with E-state index in [2.05, 4.69) is 15.3 Å². The minimum Gasteiger partial charge on any atom is -0.373 e. The van der Waals surface area contributed by atoms with Crippen molar-refractivity contribution in [2.45, 2.75) is 25.9 Å². The van der Waals surface area contributed by atoms with Crippen LogP contribution in [0.2, 0.25) is 0 Å². The summed E-state index contributed by atoms with van der Waals surface area (Å²) in [6.45, 7) is 2.80. The zero-order valence-electron chi connectivity index (χ0n) is 8.58. The van der Waals surface area contributed by atoms with Crippen molar-refractivity contribution in [1.29, 1.82) is 0 Å². The smallest absolute Gasteiger partial charge is 0.159 e. The average Bonchev–Trinajstić information content (AvgIpc) is 2.69. The fourth-order valence-electron chi connectivity index (χ4n) is 1.64. The first-order chi connectivity index (χ1) is 6.79. The number of anilines is 1. The van der Waals surface area contributed by atoms with Gasteiger partial charge in [0.2, 0.25) is 0 Å². The van der Waals surface area contributed by atoms with E-state index in [0.29, 0.717) is 0 Å². The second-order valence-electron chi connectivity index (χ2n) is 3.50. The zero-order chi connectivity index (χ0) is 9.97. The van der Waals surface area contributed by atoms with E-state index in [9.17, 15) is 0 Å². The summed E-state index contributed by atoms with van der Waals surface area (Å²) in [5.74, 6) is 1.68. The third-order valence-corrected chi connectivity index (χ3v) is 2.35. The van der Waals surface area contributed by atoms with Crippen molar-refractivity contribution in [2.24, 2.45) is 0 Å². The lowest BCUT2D eigenvalue weighted by Crippen LogP contribution is -2.06. The van der Waals surface area contributed by atoms with E-state index in [1.807, 2.05) is 20.0 Å². The molecular weight excluding hydrogens is 178 g/mol. The Morgan fingerprint density at radius 1 is 1.50 bits per heavy atom. The summed E-state index contributed by atoms with van der Waals surface area (Å²) in [6.07, 6.45) is 2.24. The highest BCUT2D eigenvalue weighted by molar-refractivity contribution is 5.35. The highest BCUT2D eigenvalue weighted by Crippen LogP contribution is 2.26. The van der Waals surface area contributed by atoms with Crippen LogP contribution in [0.5, 0.6) is 0 Å². The number of rotatable bonds is 2. The fourth-order valence-corrected chi connectivity index (χ4v) is 1.64. The van der Waals surface area contributed by atoms with Crippen molar-refractivity contribution in [3.05, 3.63) is 17.6 Å². The summed E-state index contributed by atoms with van der Waals surface area (Å²) >= 11 is 0. The standard InChI is InChI=1S/C10H15N3O/c1-7-6-9(11-2)13-10(12-7)8-4-3-5-14-8/h6,8H,3-5H2,1-2H3,(H,11,12,13). The molecule has 0 spiro atoms. The van der Waals surface area contributed by atoms with E-state index < -0.39 is 0 Å².